The van der Waals surface area contributed by atoms with E-state index in [0.717, 1.165) is 11.8 Å². The van der Waals surface area contributed by atoms with E-state index in [4.69, 9.17) is 5.11 Å². The predicted octanol–water partition coefficient (Wildman–Crippen LogP) is 1.74. The largest absolute Gasteiger partial charge is 0.481 e. The van der Waals surface area contributed by atoms with Crippen molar-refractivity contribution in [2.45, 2.75) is 121 Å². The van der Waals surface area contributed by atoms with Gasteiger partial charge < -0.3 is 26.4 Å². The number of carbonyl (C=O) groups excluding carboxylic acids is 4. The Hall–Kier alpha value is -3.52. The van der Waals surface area contributed by atoms with Gasteiger partial charge in [-0.05, 0) is 56.7 Å². The molecule has 5 N–H and O–H groups in total. The van der Waals surface area contributed by atoms with Crippen LogP contribution in [-0.4, -0.2) is 91.0 Å². The number of benzene rings is 1. The van der Waals surface area contributed by atoms with Crippen LogP contribution in [0.3, 0.4) is 0 Å². The third-order valence-electron chi connectivity index (χ3n) is 8.48. The molecule has 13 nitrogen and oxygen atoms in total. The molecule has 0 spiro atoms. The number of carboxylic acid groups (broad SMARTS) is 1. The molecule has 1 fully saturated rings. The average Bonchev–Trinajstić information content (AvgIpc) is 3.36. The van der Waals surface area contributed by atoms with Gasteiger partial charge in [-0.15, -0.1) is 0 Å². The Bertz CT molecular complexity index is 1320. The molecule has 1 aliphatic heterocycles. The summed E-state index contributed by atoms with van der Waals surface area (Å²) in [5.74, 6) is -2.61. The Balaban J connectivity index is 1.96. The SMILES string of the molecule is CCC[C@H](NC(=O)[C@@H](NC(=O)CCCC(=O)O)[C@@H](C)CC)C(=O)N[C@H]1CC(C)N([C@@H](C)C(=O)NCc2ccc(S(C)(=O)=O)cc2)C1. The van der Waals surface area contributed by atoms with Gasteiger partial charge in [0.15, 0.2) is 9.84 Å². The molecule has 1 saturated heterocycles. The number of rotatable bonds is 18. The monoisotopic (exact) mass is 665 g/mol. The first-order chi connectivity index (χ1) is 21.6. The Morgan fingerprint density at radius 3 is 2.20 bits per heavy atom. The summed E-state index contributed by atoms with van der Waals surface area (Å²) in [4.78, 5) is 65.1. The topological polar surface area (TPSA) is 191 Å². The molecule has 1 unspecified atom stereocenters. The number of carboxylic acids is 1. The zero-order valence-electron chi connectivity index (χ0n) is 27.8. The molecule has 46 heavy (non-hydrogen) atoms. The fourth-order valence-corrected chi connectivity index (χ4v) is 6.14. The highest BCUT2D eigenvalue weighted by atomic mass is 32.2. The summed E-state index contributed by atoms with van der Waals surface area (Å²) >= 11 is 0. The first kappa shape index (κ1) is 38.7. The van der Waals surface area contributed by atoms with E-state index in [0.29, 0.717) is 32.2 Å². The van der Waals surface area contributed by atoms with Crippen molar-refractivity contribution in [1.82, 2.24) is 26.2 Å². The molecule has 4 amide bonds. The number of carbonyl (C=O) groups is 5. The molecule has 1 aliphatic rings. The summed E-state index contributed by atoms with van der Waals surface area (Å²) in [6.07, 6.45) is 3.39. The van der Waals surface area contributed by atoms with E-state index in [2.05, 4.69) is 21.3 Å². The van der Waals surface area contributed by atoms with Gasteiger partial charge in [-0.2, -0.15) is 0 Å². The van der Waals surface area contributed by atoms with Crippen molar-refractivity contribution in [3.63, 3.8) is 0 Å². The van der Waals surface area contributed by atoms with Crippen LogP contribution in [0.1, 0.15) is 85.1 Å². The van der Waals surface area contributed by atoms with Gasteiger partial charge in [0, 0.05) is 44.3 Å². The van der Waals surface area contributed by atoms with E-state index >= 15 is 0 Å². The van der Waals surface area contributed by atoms with Crippen LogP contribution < -0.4 is 21.3 Å². The zero-order valence-corrected chi connectivity index (χ0v) is 28.6. The first-order valence-electron chi connectivity index (χ1n) is 16.0. The Labute approximate surface area is 272 Å². The zero-order chi connectivity index (χ0) is 34.6. The smallest absolute Gasteiger partial charge is 0.303 e. The molecule has 0 bridgehead atoms. The summed E-state index contributed by atoms with van der Waals surface area (Å²) in [5, 5.41) is 20.3. The number of aliphatic carboxylic acids is 1. The Morgan fingerprint density at radius 2 is 1.63 bits per heavy atom. The van der Waals surface area contributed by atoms with Crippen molar-refractivity contribution in [3.8, 4) is 0 Å². The molecule has 2 rings (SSSR count). The minimum Gasteiger partial charge on any atom is -0.481 e. The van der Waals surface area contributed by atoms with Gasteiger partial charge in [-0.1, -0.05) is 45.7 Å². The number of amides is 4. The van der Waals surface area contributed by atoms with E-state index in [9.17, 15) is 32.4 Å². The summed E-state index contributed by atoms with van der Waals surface area (Å²) in [7, 11) is -3.30. The Morgan fingerprint density at radius 1 is 0.978 bits per heavy atom. The Kier molecular flexibility index (Phi) is 15.1. The maximum Gasteiger partial charge on any atom is 0.303 e. The molecule has 0 aliphatic carbocycles. The molecule has 1 aromatic carbocycles. The molecular formula is C32H51N5O8S. The van der Waals surface area contributed by atoms with Crippen LogP contribution in [0.25, 0.3) is 0 Å². The predicted molar refractivity (Wildman–Crippen MR) is 173 cm³/mol. The molecule has 0 radical (unpaired) electrons. The maximum atomic E-state index is 13.4. The second kappa shape index (κ2) is 18.0. The lowest BCUT2D eigenvalue weighted by Crippen LogP contribution is -2.56. The summed E-state index contributed by atoms with van der Waals surface area (Å²) < 4.78 is 23.4. The van der Waals surface area contributed by atoms with Crippen LogP contribution in [-0.2, 0) is 40.4 Å². The molecule has 14 heteroatoms. The fraction of sp³-hybridized carbons (Fsp3) is 0.656. The van der Waals surface area contributed by atoms with Gasteiger partial charge in [0.25, 0.3) is 0 Å². The number of hydrogen-bond acceptors (Lipinski definition) is 8. The van der Waals surface area contributed by atoms with E-state index in [1.54, 1.807) is 19.1 Å². The summed E-state index contributed by atoms with van der Waals surface area (Å²) in [6, 6.07) is 3.96. The number of nitrogens with zero attached hydrogens (tertiary/aromatic N) is 1. The van der Waals surface area contributed by atoms with Gasteiger partial charge in [-0.25, -0.2) is 8.42 Å². The van der Waals surface area contributed by atoms with Crippen molar-refractivity contribution < 1.29 is 37.5 Å². The molecule has 6 atom stereocenters. The van der Waals surface area contributed by atoms with Crippen molar-refractivity contribution in [3.05, 3.63) is 29.8 Å². The normalized spacial score (nSPS) is 19.3. The van der Waals surface area contributed by atoms with E-state index < -0.39 is 45.7 Å². The number of sulfone groups is 1. The molecule has 0 saturated carbocycles. The standard InChI is InChI=1S/C32H51N5O8S/c1-7-10-26(35-32(43)29(20(3)8-2)36-27(38)11-9-12-28(39)40)31(42)34-24-17-21(4)37(19-24)22(5)30(41)33-18-23-13-15-25(16-14-23)46(6,44)45/h13-16,20-22,24,26,29H,7-12,17-19H2,1-6H3,(H,33,41)(H,34,42)(H,35,43)(H,36,38)(H,39,40)/t20-,21?,22-,24-,26-,29-/m0/s1. The highest BCUT2D eigenvalue weighted by Crippen LogP contribution is 2.21. The van der Waals surface area contributed by atoms with Gasteiger partial charge in [0.05, 0.1) is 10.9 Å². The van der Waals surface area contributed by atoms with Crippen LogP contribution in [0.4, 0.5) is 0 Å². The molecule has 0 aromatic heterocycles. The summed E-state index contributed by atoms with van der Waals surface area (Å²) in [6.45, 7) is 10.1. The highest BCUT2D eigenvalue weighted by molar-refractivity contribution is 7.90. The maximum absolute atomic E-state index is 13.4. The molecule has 258 valence electrons. The molecular weight excluding hydrogens is 614 g/mol. The minimum absolute atomic E-state index is 0.00503. The number of nitrogens with one attached hydrogen (secondary N) is 4. The van der Waals surface area contributed by atoms with E-state index in [1.807, 2.05) is 32.6 Å². The summed E-state index contributed by atoms with van der Waals surface area (Å²) in [5.41, 5.74) is 0.768. The molecule has 1 aromatic rings. The van der Waals surface area contributed by atoms with Crippen LogP contribution in [0.2, 0.25) is 0 Å². The second-order valence-corrected chi connectivity index (χ2v) is 14.3. The van der Waals surface area contributed by atoms with E-state index in [-0.39, 0.29) is 60.5 Å². The van der Waals surface area contributed by atoms with Crippen LogP contribution in [0.5, 0.6) is 0 Å². The number of hydrogen-bond donors (Lipinski definition) is 5. The first-order valence-corrected chi connectivity index (χ1v) is 17.9. The molecule has 1 heterocycles. The minimum atomic E-state index is -3.30. The van der Waals surface area contributed by atoms with Gasteiger partial charge in [0.2, 0.25) is 23.6 Å². The third kappa shape index (κ3) is 12.0. The quantitative estimate of drug-likeness (QED) is 0.155. The average molecular weight is 666 g/mol. The van der Waals surface area contributed by atoms with Crippen molar-refractivity contribution in [2.75, 3.05) is 12.8 Å². The van der Waals surface area contributed by atoms with Crippen LogP contribution >= 0.6 is 0 Å². The van der Waals surface area contributed by atoms with Crippen molar-refractivity contribution in [2.24, 2.45) is 5.92 Å². The number of likely N-dealkylation sites (tertiary alicyclic amines) is 1. The van der Waals surface area contributed by atoms with Gasteiger partial charge >= 0.3 is 5.97 Å². The highest BCUT2D eigenvalue weighted by Gasteiger charge is 2.37. The third-order valence-corrected chi connectivity index (χ3v) is 9.61. The van der Waals surface area contributed by atoms with E-state index in [1.165, 1.54) is 12.1 Å². The van der Waals surface area contributed by atoms with Crippen LogP contribution in [0, 0.1) is 5.92 Å². The van der Waals surface area contributed by atoms with Gasteiger partial charge in [0.1, 0.15) is 12.1 Å². The van der Waals surface area contributed by atoms with Gasteiger partial charge in [-0.3, -0.25) is 28.9 Å². The lowest BCUT2D eigenvalue weighted by molar-refractivity contribution is -0.137. The van der Waals surface area contributed by atoms with Crippen molar-refractivity contribution in [1.29, 1.82) is 0 Å². The fourth-order valence-electron chi connectivity index (χ4n) is 5.51. The lowest BCUT2D eigenvalue weighted by atomic mass is 9.97. The second-order valence-electron chi connectivity index (χ2n) is 12.3. The lowest BCUT2D eigenvalue weighted by Gasteiger charge is -2.28. The van der Waals surface area contributed by atoms with Crippen LogP contribution in [0.15, 0.2) is 29.2 Å². The van der Waals surface area contributed by atoms with Crippen molar-refractivity contribution >= 4 is 39.4 Å².